The summed E-state index contributed by atoms with van der Waals surface area (Å²) in [5.41, 5.74) is 3.05. The van der Waals surface area contributed by atoms with Gasteiger partial charge in [-0.25, -0.2) is 0 Å². The Kier molecular flexibility index (Phi) is 3.99. The smallest absolute Gasteiger partial charge is 0.257 e. The van der Waals surface area contributed by atoms with E-state index in [1.165, 1.54) is 0 Å². The van der Waals surface area contributed by atoms with Crippen LogP contribution in [0.2, 0.25) is 0 Å². The van der Waals surface area contributed by atoms with Crippen molar-refractivity contribution >= 4 is 16.8 Å². The van der Waals surface area contributed by atoms with Crippen LogP contribution in [-0.2, 0) is 13.0 Å². The Bertz CT molecular complexity index is 1050. The summed E-state index contributed by atoms with van der Waals surface area (Å²) < 4.78 is 7.17. The number of rotatable bonds is 4. The molecule has 5 heteroatoms. The highest BCUT2D eigenvalue weighted by Crippen LogP contribution is 2.24. The van der Waals surface area contributed by atoms with Gasteiger partial charge in [0.25, 0.3) is 5.91 Å². The summed E-state index contributed by atoms with van der Waals surface area (Å²) >= 11 is 0. The van der Waals surface area contributed by atoms with Gasteiger partial charge in [-0.05, 0) is 42.7 Å². The average molecular weight is 348 g/mol. The highest BCUT2D eigenvalue weighted by atomic mass is 16.5. The van der Waals surface area contributed by atoms with Crippen molar-refractivity contribution in [3.8, 4) is 5.75 Å². The first-order chi connectivity index (χ1) is 12.6. The van der Waals surface area contributed by atoms with Crippen molar-refractivity contribution in [1.82, 2.24) is 9.88 Å². The second-order valence-corrected chi connectivity index (χ2v) is 6.60. The lowest BCUT2D eigenvalue weighted by Crippen LogP contribution is -2.31. The molecule has 0 saturated heterocycles. The van der Waals surface area contributed by atoms with E-state index in [2.05, 4.69) is 5.32 Å². The van der Waals surface area contributed by atoms with Crippen LogP contribution in [0.4, 0.5) is 0 Å². The molecule has 0 spiro atoms. The molecule has 1 aromatic heterocycles. The highest BCUT2D eigenvalue weighted by molar-refractivity contribution is 5.98. The van der Waals surface area contributed by atoms with Gasteiger partial charge in [-0.2, -0.15) is 0 Å². The average Bonchev–Trinajstić information content (AvgIpc) is 3.08. The van der Waals surface area contributed by atoms with Gasteiger partial charge in [0, 0.05) is 18.1 Å². The predicted molar refractivity (Wildman–Crippen MR) is 101 cm³/mol. The number of methoxy groups -OCH3 is 1. The summed E-state index contributed by atoms with van der Waals surface area (Å²) in [6.45, 7) is 2.69. The molecule has 4 rings (SSSR count). The molecule has 0 aliphatic carbocycles. The molecule has 5 nitrogen and oxygen atoms in total. The molecular formula is C21H20N2O3. The fourth-order valence-corrected chi connectivity index (χ4v) is 3.57. The Balaban J connectivity index is 1.65. The van der Waals surface area contributed by atoms with Crippen LogP contribution in [-0.4, -0.2) is 17.6 Å². The zero-order chi connectivity index (χ0) is 18.3. The number of carbonyl (C=O) groups is 1. The first kappa shape index (κ1) is 16.4. The molecule has 2 aromatic carbocycles. The first-order valence-electron chi connectivity index (χ1n) is 8.68. The van der Waals surface area contributed by atoms with Gasteiger partial charge in [0.2, 0.25) is 5.43 Å². The normalized spacial score (nSPS) is 13.6. The maximum absolute atomic E-state index is 12.8. The number of para-hydroxylation sites is 1. The molecule has 1 amide bonds. The molecule has 0 radical (unpaired) electrons. The topological polar surface area (TPSA) is 60.3 Å². The number of carbonyl (C=O) groups excluding carboxylic acids is 1. The maximum atomic E-state index is 12.8. The second kappa shape index (κ2) is 6.33. The van der Waals surface area contributed by atoms with E-state index in [0.29, 0.717) is 5.39 Å². The van der Waals surface area contributed by atoms with Gasteiger partial charge >= 0.3 is 0 Å². The number of aryl methyl sites for hydroxylation is 2. The number of hydrogen-bond donors (Lipinski definition) is 1. The van der Waals surface area contributed by atoms with Crippen LogP contribution in [0.3, 0.4) is 0 Å². The van der Waals surface area contributed by atoms with Crippen molar-refractivity contribution in [3.63, 3.8) is 0 Å². The third kappa shape index (κ3) is 2.65. The van der Waals surface area contributed by atoms with E-state index in [0.717, 1.165) is 35.4 Å². The maximum Gasteiger partial charge on any atom is 0.257 e. The predicted octanol–water partition coefficient (Wildman–Crippen LogP) is 3.06. The number of benzene rings is 2. The molecule has 1 atom stereocenters. The SMILES string of the molecule is COc1ccc([C@@H](C)NC(=O)c2cn3c4c(cccc4c2=O)CC3)cc1. The van der Waals surface area contributed by atoms with Crippen LogP contribution < -0.4 is 15.5 Å². The molecule has 2 heterocycles. The van der Waals surface area contributed by atoms with Crippen molar-refractivity contribution in [2.75, 3.05) is 7.11 Å². The standard InChI is InChI=1S/C21H20N2O3/c1-13(14-6-8-16(26-2)9-7-14)22-21(25)18-12-23-11-10-15-4-3-5-17(19(15)23)20(18)24/h3-9,12-13H,10-11H2,1-2H3,(H,22,25)/t13-/m1/s1. The van der Waals surface area contributed by atoms with E-state index >= 15 is 0 Å². The largest absolute Gasteiger partial charge is 0.497 e. The van der Waals surface area contributed by atoms with Crippen molar-refractivity contribution < 1.29 is 9.53 Å². The minimum Gasteiger partial charge on any atom is -0.497 e. The molecule has 132 valence electrons. The Morgan fingerprint density at radius 2 is 1.96 bits per heavy atom. The summed E-state index contributed by atoms with van der Waals surface area (Å²) in [6.07, 6.45) is 2.58. The fraction of sp³-hybridized carbons (Fsp3) is 0.238. The number of nitrogens with one attached hydrogen (secondary N) is 1. The zero-order valence-electron chi connectivity index (χ0n) is 14.8. The van der Waals surface area contributed by atoms with Gasteiger partial charge in [-0.15, -0.1) is 0 Å². The highest BCUT2D eigenvalue weighted by Gasteiger charge is 2.21. The monoisotopic (exact) mass is 348 g/mol. The molecule has 0 saturated carbocycles. The Labute approximate surface area is 151 Å². The van der Waals surface area contributed by atoms with E-state index in [4.69, 9.17) is 4.74 Å². The molecule has 1 aliphatic heterocycles. The van der Waals surface area contributed by atoms with Gasteiger partial charge < -0.3 is 14.6 Å². The van der Waals surface area contributed by atoms with E-state index < -0.39 is 0 Å². The van der Waals surface area contributed by atoms with Crippen LogP contribution in [0.25, 0.3) is 10.9 Å². The van der Waals surface area contributed by atoms with Crippen LogP contribution in [0.15, 0.2) is 53.5 Å². The second-order valence-electron chi connectivity index (χ2n) is 6.60. The van der Waals surface area contributed by atoms with Crippen molar-refractivity contribution in [3.05, 3.63) is 75.6 Å². The van der Waals surface area contributed by atoms with Gasteiger partial charge in [0.1, 0.15) is 11.3 Å². The van der Waals surface area contributed by atoms with Crippen molar-refractivity contribution in [2.45, 2.75) is 25.9 Å². The van der Waals surface area contributed by atoms with Crippen LogP contribution in [0, 0.1) is 0 Å². The molecular weight excluding hydrogens is 328 g/mol. The molecule has 1 N–H and O–H groups in total. The van der Waals surface area contributed by atoms with E-state index in [1.54, 1.807) is 19.4 Å². The molecule has 0 fully saturated rings. The Morgan fingerprint density at radius 1 is 1.19 bits per heavy atom. The van der Waals surface area contributed by atoms with Gasteiger partial charge in [0.05, 0.1) is 18.7 Å². The summed E-state index contributed by atoms with van der Waals surface area (Å²) in [5.74, 6) is 0.417. The number of amides is 1. The van der Waals surface area contributed by atoms with Crippen LogP contribution in [0.5, 0.6) is 5.75 Å². The van der Waals surface area contributed by atoms with E-state index in [-0.39, 0.29) is 22.9 Å². The zero-order valence-corrected chi connectivity index (χ0v) is 14.8. The lowest BCUT2D eigenvalue weighted by molar-refractivity contribution is 0.0938. The third-order valence-corrected chi connectivity index (χ3v) is 5.01. The molecule has 1 aliphatic rings. The molecule has 26 heavy (non-hydrogen) atoms. The molecule has 3 aromatic rings. The number of hydrogen-bond acceptors (Lipinski definition) is 3. The third-order valence-electron chi connectivity index (χ3n) is 5.01. The number of pyridine rings is 1. The summed E-state index contributed by atoms with van der Waals surface area (Å²) in [4.78, 5) is 25.6. The van der Waals surface area contributed by atoms with Crippen molar-refractivity contribution in [1.29, 1.82) is 0 Å². The van der Waals surface area contributed by atoms with Gasteiger partial charge in [0.15, 0.2) is 0 Å². The minimum atomic E-state index is -0.346. The van der Waals surface area contributed by atoms with E-state index in [1.807, 2.05) is 47.9 Å². The minimum absolute atomic E-state index is 0.192. The van der Waals surface area contributed by atoms with Crippen LogP contribution in [0.1, 0.15) is 34.5 Å². The lowest BCUT2D eigenvalue weighted by Gasteiger charge is -2.15. The number of ether oxygens (including phenoxy) is 1. The number of nitrogens with zero attached hydrogens (tertiary/aromatic N) is 1. The van der Waals surface area contributed by atoms with Gasteiger partial charge in [-0.3, -0.25) is 9.59 Å². The molecule has 0 bridgehead atoms. The first-order valence-corrected chi connectivity index (χ1v) is 8.68. The lowest BCUT2D eigenvalue weighted by atomic mass is 10.1. The van der Waals surface area contributed by atoms with Crippen molar-refractivity contribution in [2.24, 2.45) is 0 Å². The summed E-state index contributed by atoms with van der Waals surface area (Å²) in [6, 6.07) is 13.0. The van der Waals surface area contributed by atoms with Crippen LogP contribution >= 0.6 is 0 Å². The fourth-order valence-electron chi connectivity index (χ4n) is 3.57. The number of aromatic nitrogens is 1. The quantitative estimate of drug-likeness (QED) is 0.788. The summed E-state index contributed by atoms with van der Waals surface area (Å²) in [5, 5.41) is 3.55. The van der Waals surface area contributed by atoms with Gasteiger partial charge in [-0.1, -0.05) is 24.3 Å². The Hall–Kier alpha value is -3.08. The molecule has 0 unspecified atom stereocenters. The summed E-state index contributed by atoms with van der Waals surface area (Å²) in [7, 11) is 1.61. The Morgan fingerprint density at radius 3 is 2.69 bits per heavy atom. The van der Waals surface area contributed by atoms with E-state index in [9.17, 15) is 9.59 Å².